The van der Waals surface area contributed by atoms with Crippen LogP contribution in [0.1, 0.15) is 5.56 Å². The first-order valence-corrected chi connectivity index (χ1v) is 5.64. The Morgan fingerprint density at radius 3 is 2.50 bits per heavy atom. The fourth-order valence-electron chi connectivity index (χ4n) is 1.80. The van der Waals surface area contributed by atoms with Gasteiger partial charge < -0.3 is 10.6 Å². The lowest BCUT2D eigenvalue weighted by Crippen LogP contribution is -2.21. The van der Waals surface area contributed by atoms with E-state index >= 15 is 0 Å². The molecule has 0 spiro atoms. The molecule has 0 saturated heterocycles. The summed E-state index contributed by atoms with van der Waals surface area (Å²) >= 11 is 0. The summed E-state index contributed by atoms with van der Waals surface area (Å²) in [5, 5.41) is 0. The lowest BCUT2D eigenvalue weighted by atomic mass is 10.0. The molecule has 2 aromatic rings. The topological polar surface area (TPSA) is 75.0 Å². The minimum absolute atomic E-state index is 0.222. The van der Waals surface area contributed by atoms with E-state index in [1.807, 2.05) is 31.2 Å². The van der Waals surface area contributed by atoms with Gasteiger partial charge in [0.05, 0.1) is 5.56 Å². The molecule has 5 heteroatoms. The molecule has 0 amide bonds. The maximum Gasteiger partial charge on any atom is 0.262 e. The number of H-pyrrole nitrogens is 1. The van der Waals surface area contributed by atoms with Crippen molar-refractivity contribution in [2.45, 2.75) is 6.92 Å². The van der Waals surface area contributed by atoms with E-state index in [0.29, 0.717) is 11.5 Å². The Morgan fingerprint density at radius 2 is 1.94 bits per heavy atom. The Balaban J connectivity index is 2.67. The zero-order valence-corrected chi connectivity index (χ0v) is 10.7. The lowest BCUT2D eigenvalue weighted by molar-refractivity contribution is 0.987. The standard InChI is InChI=1S/C13H16N4O/c1-8-6-4-5-7-9(8)10-11(14)15-13(17(2)3)16-12(10)18/h4-7H,1-3H3,(H3,14,15,16,18). The number of benzene rings is 1. The molecule has 0 bridgehead atoms. The third kappa shape index (κ3) is 2.07. The van der Waals surface area contributed by atoms with Crippen LogP contribution in [0.4, 0.5) is 11.8 Å². The molecule has 0 aliphatic carbocycles. The number of aryl methyl sites for hydroxylation is 1. The number of aromatic amines is 1. The molecule has 0 radical (unpaired) electrons. The monoisotopic (exact) mass is 244 g/mol. The van der Waals surface area contributed by atoms with Gasteiger partial charge >= 0.3 is 0 Å². The zero-order chi connectivity index (χ0) is 13.3. The van der Waals surface area contributed by atoms with Crippen molar-refractivity contribution < 1.29 is 0 Å². The quantitative estimate of drug-likeness (QED) is 0.837. The Morgan fingerprint density at radius 1 is 1.28 bits per heavy atom. The number of nitrogens with two attached hydrogens (primary N) is 1. The fourth-order valence-corrected chi connectivity index (χ4v) is 1.80. The van der Waals surface area contributed by atoms with Crippen LogP contribution in [0.15, 0.2) is 29.1 Å². The number of aromatic nitrogens is 2. The number of rotatable bonds is 2. The number of anilines is 2. The lowest BCUT2D eigenvalue weighted by Gasteiger charge is -2.13. The molecule has 3 N–H and O–H groups in total. The van der Waals surface area contributed by atoms with Crippen LogP contribution < -0.4 is 16.2 Å². The van der Waals surface area contributed by atoms with Crippen LogP contribution in [0, 0.1) is 6.92 Å². The van der Waals surface area contributed by atoms with Gasteiger partial charge in [-0.05, 0) is 18.1 Å². The minimum atomic E-state index is -0.222. The largest absolute Gasteiger partial charge is 0.383 e. The van der Waals surface area contributed by atoms with E-state index < -0.39 is 0 Å². The second-order valence-corrected chi connectivity index (χ2v) is 4.36. The molecule has 0 fully saturated rings. The van der Waals surface area contributed by atoms with Gasteiger partial charge in [-0.25, -0.2) is 0 Å². The summed E-state index contributed by atoms with van der Waals surface area (Å²) in [6, 6.07) is 7.60. The van der Waals surface area contributed by atoms with Crippen LogP contribution in [0.25, 0.3) is 11.1 Å². The van der Waals surface area contributed by atoms with Gasteiger partial charge in [0.2, 0.25) is 5.95 Å². The van der Waals surface area contributed by atoms with Gasteiger partial charge in [-0.15, -0.1) is 0 Å². The van der Waals surface area contributed by atoms with E-state index in [1.54, 1.807) is 19.0 Å². The van der Waals surface area contributed by atoms with Crippen molar-refractivity contribution in [2.24, 2.45) is 0 Å². The molecule has 1 aromatic carbocycles. The number of nitrogens with zero attached hydrogens (tertiary/aromatic N) is 2. The van der Waals surface area contributed by atoms with E-state index in [1.165, 1.54) is 0 Å². The van der Waals surface area contributed by atoms with Gasteiger partial charge in [-0.3, -0.25) is 9.78 Å². The summed E-state index contributed by atoms with van der Waals surface area (Å²) in [5.74, 6) is 0.701. The molecule has 2 rings (SSSR count). The van der Waals surface area contributed by atoms with Crippen LogP contribution in [-0.4, -0.2) is 24.1 Å². The van der Waals surface area contributed by atoms with E-state index in [9.17, 15) is 4.79 Å². The molecule has 0 aliphatic heterocycles. The molecular weight excluding hydrogens is 228 g/mol. The first-order chi connectivity index (χ1) is 8.50. The third-order valence-corrected chi connectivity index (χ3v) is 2.77. The van der Waals surface area contributed by atoms with Crippen molar-refractivity contribution in [2.75, 3.05) is 24.7 Å². The van der Waals surface area contributed by atoms with Crippen molar-refractivity contribution in [3.8, 4) is 11.1 Å². The molecule has 0 saturated carbocycles. The third-order valence-electron chi connectivity index (χ3n) is 2.77. The van der Waals surface area contributed by atoms with Gasteiger partial charge in [0.1, 0.15) is 5.82 Å². The van der Waals surface area contributed by atoms with Gasteiger partial charge in [0.25, 0.3) is 5.56 Å². The number of nitrogen functional groups attached to an aromatic ring is 1. The smallest absolute Gasteiger partial charge is 0.262 e. The Hall–Kier alpha value is -2.30. The second-order valence-electron chi connectivity index (χ2n) is 4.36. The Labute approximate surface area is 105 Å². The predicted molar refractivity (Wildman–Crippen MR) is 73.8 cm³/mol. The summed E-state index contributed by atoms with van der Waals surface area (Å²) in [4.78, 5) is 20.7. The SMILES string of the molecule is Cc1ccccc1-c1c(N)nc(N(C)C)[nH]c1=O. The Kier molecular flexibility index (Phi) is 3.06. The van der Waals surface area contributed by atoms with Gasteiger partial charge in [-0.1, -0.05) is 24.3 Å². The van der Waals surface area contributed by atoms with Crippen molar-refractivity contribution in [3.63, 3.8) is 0 Å². The van der Waals surface area contributed by atoms with Crippen LogP contribution in [-0.2, 0) is 0 Å². The highest BCUT2D eigenvalue weighted by Crippen LogP contribution is 2.24. The van der Waals surface area contributed by atoms with Gasteiger partial charge in [0, 0.05) is 14.1 Å². The van der Waals surface area contributed by atoms with Crippen LogP contribution in [0.3, 0.4) is 0 Å². The molecule has 94 valence electrons. The molecule has 18 heavy (non-hydrogen) atoms. The maximum atomic E-state index is 12.1. The predicted octanol–water partition coefficient (Wildman–Crippen LogP) is 1.39. The molecule has 0 aliphatic rings. The summed E-state index contributed by atoms with van der Waals surface area (Å²) in [6.07, 6.45) is 0. The highest BCUT2D eigenvalue weighted by molar-refractivity contribution is 5.75. The van der Waals surface area contributed by atoms with Crippen LogP contribution in [0.2, 0.25) is 0 Å². The van der Waals surface area contributed by atoms with Crippen molar-refractivity contribution >= 4 is 11.8 Å². The summed E-state index contributed by atoms with van der Waals surface area (Å²) < 4.78 is 0. The molecule has 0 unspecified atom stereocenters. The van der Waals surface area contributed by atoms with Crippen LogP contribution >= 0.6 is 0 Å². The molecule has 5 nitrogen and oxygen atoms in total. The average Bonchev–Trinajstić information content (AvgIpc) is 2.30. The first-order valence-electron chi connectivity index (χ1n) is 5.64. The fraction of sp³-hybridized carbons (Fsp3) is 0.231. The summed E-state index contributed by atoms with van der Waals surface area (Å²) in [5.41, 5.74) is 7.92. The van der Waals surface area contributed by atoms with E-state index in [0.717, 1.165) is 11.1 Å². The minimum Gasteiger partial charge on any atom is -0.383 e. The zero-order valence-electron chi connectivity index (χ0n) is 10.7. The van der Waals surface area contributed by atoms with Gasteiger partial charge in [-0.2, -0.15) is 4.98 Å². The first kappa shape index (κ1) is 12.2. The van der Waals surface area contributed by atoms with Gasteiger partial charge in [0.15, 0.2) is 0 Å². The highest BCUT2D eigenvalue weighted by Gasteiger charge is 2.13. The summed E-state index contributed by atoms with van der Waals surface area (Å²) in [6.45, 7) is 1.94. The van der Waals surface area contributed by atoms with Crippen LogP contribution in [0.5, 0.6) is 0 Å². The van der Waals surface area contributed by atoms with E-state index in [-0.39, 0.29) is 11.4 Å². The van der Waals surface area contributed by atoms with Crippen molar-refractivity contribution in [3.05, 3.63) is 40.2 Å². The maximum absolute atomic E-state index is 12.1. The highest BCUT2D eigenvalue weighted by atomic mass is 16.1. The molecule has 1 aromatic heterocycles. The van der Waals surface area contributed by atoms with Crippen molar-refractivity contribution in [1.29, 1.82) is 0 Å². The van der Waals surface area contributed by atoms with E-state index in [4.69, 9.17) is 5.73 Å². The molecular formula is C13H16N4O. The normalized spacial score (nSPS) is 10.4. The number of hydrogen-bond donors (Lipinski definition) is 2. The second kappa shape index (κ2) is 4.52. The molecule has 1 heterocycles. The number of hydrogen-bond acceptors (Lipinski definition) is 4. The van der Waals surface area contributed by atoms with Crippen molar-refractivity contribution in [1.82, 2.24) is 9.97 Å². The summed E-state index contributed by atoms with van der Waals surface area (Å²) in [7, 11) is 3.59. The number of nitrogens with one attached hydrogen (secondary N) is 1. The Bertz CT molecular complexity index is 631. The molecule has 0 atom stereocenters. The average molecular weight is 244 g/mol. The van der Waals surface area contributed by atoms with E-state index in [2.05, 4.69) is 9.97 Å².